The predicted octanol–water partition coefficient (Wildman–Crippen LogP) is 4.23. The summed E-state index contributed by atoms with van der Waals surface area (Å²) in [7, 11) is 1.97. The Morgan fingerprint density at radius 3 is 2.47 bits per heavy atom. The molecule has 0 fully saturated rings. The van der Waals surface area contributed by atoms with Crippen molar-refractivity contribution in [3.63, 3.8) is 0 Å². The van der Waals surface area contributed by atoms with E-state index in [0.717, 1.165) is 22.3 Å². The summed E-state index contributed by atoms with van der Waals surface area (Å²) in [6, 6.07) is 13.7. The van der Waals surface area contributed by atoms with Gasteiger partial charge in [0.25, 0.3) is 0 Å². The first-order valence-electron chi connectivity index (χ1n) is 5.95. The molecule has 0 saturated carbocycles. The molecule has 0 spiro atoms. The lowest BCUT2D eigenvalue weighted by atomic mass is 10.1. The average molecular weight is 341 g/mol. The third-order valence-electron chi connectivity index (χ3n) is 2.96. The Morgan fingerprint density at radius 2 is 1.84 bits per heavy atom. The molecule has 0 aromatic heterocycles. The molecule has 0 saturated heterocycles. The number of anilines is 1. The van der Waals surface area contributed by atoms with Crippen molar-refractivity contribution in [3.8, 4) is 0 Å². The third-order valence-corrected chi connectivity index (χ3v) is 3.79. The highest BCUT2D eigenvalue weighted by Crippen LogP contribution is 2.30. The minimum absolute atomic E-state index is 0.0133. The van der Waals surface area contributed by atoms with Crippen LogP contribution < -0.4 is 4.90 Å². The van der Waals surface area contributed by atoms with E-state index in [1.807, 2.05) is 37.4 Å². The van der Waals surface area contributed by atoms with E-state index in [4.69, 9.17) is 11.6 Å². The summed E-state index contributed by atoms with van der Waals surface area (Å²) in [5.74, 6) is 0. The van der Waals surface area contributed by atoms with Crippen LogP contribution in [-0.2, 0) is 13.2 Å². The largest absolute Gasteiger partial charge is 0.392 e. The van der Waals surface area contributed by atoms with Crippen LogP contribution in [0.5, 0.6) is 0 Å². The molecule has 0 unspecified atom stereocenters. The lowest BCUT2D eigenvalue weighted by molar-refractivity contribution is 0.282. The first-order valence-corrected chi connectivity index (χ1v) is 7.12. The number of benzene rings is 2. The van der Waals surface area contributed by atoms with E-state index in [1.54, 1.807) is 0 Å². The van der Waals surface area contributed by atoms with Crippen molar-refractivity contribution >= 4 is 33.2 Å². The summed E-state index contributed by atoms with van der Waals surface area (Å²) in [6.07, 6.45) is 0. The van der Waals surface area contributed by atoms with Gasteiger partial charge >= 0.3 is 0 Å². The van der Waals surface area contributed by atoms with Crippen LogP contribution in [0.1, 0.15) is 11.1 Å². The van der Waals surface area contributed by atoms with Crippen molar-refractivity contribution in [2.24, 2.45) is 0 Å². The Bertz CT molecular complexity index is 557. The van der Waals surface area contributed by atoms with Gasteiger partial charge in [0.2, 0.25) is 0 Å². The Kier molecular flexibility index (Phi) is 4.86. The van der Waals surface area contributed by atoms with Crippen LogP contribution in [0.2, 0.25) is 5.02 Å². The summed E-state index contributed by atoms with van der Waals surface area (Å²) in [5, 5.41) is 10.1. The summed E-state index contributed by atoms with van der Waals surface area (Å²) in [6.45, 7) is 0.727. The fraction of sp³-hybridized carbons (Fsp3) is 0.200. The molecule has 0 aliphatic rings. The van der Waals surface area contributed by atoms with Gasteiger partial charge < -0.3 is 10.0 Å². The fourth-order valence-electron chi connectivity index (χ4n) is 2.06. The van der Waals surface area contributed by atoms with Gasteiger partial charge in [-0.15, -0.1) is 0 Å². The van der Waals surface area contributed by atoms with Gasteiger partial charge in [-0.25, -0.2) is 0 Å². The van der Waals surface area contributed by atoms with Gasteiger partial charge in [-0.05, 0) is 23.8 Å². The highest BCUT2D eigenvalue weighted by Gasteiger charge is 2.11. The van der Waals surface area contributed by atoms with E-state index < -0.39 is 0 Å². The van der Waals surface area contributed by atoms with Gasteiger partial charge in [-0.3, -0.25) is 0 Å². The standard InChI is InChI=1S/C15H15BrClNO/c1-18(9-11-5-7-13(16)8-6-11)15-12(10-19)3-2-4-14(15)17/h2-8,19H,9-10H2,1H3. The zero-order chi connectivity index (χ0) is 13.8. The lowest BCUT2D eigenvalue weighted by Crippen LogP contribution is -2.18. The summed E-state index contributed by atoms with van der Waals surface area (Å²) >= 11 is 9.66. The van der Waals surface area contributed by atoms with Gasteiger partial charge in [0, 0.05) is 23.6 Å². The maximum Gasteiger partial charge on any atom is 0.0702 e. The van der Waals surface area contributed by atoms with Crippen LogP contribution >= 0.6 is 27.5 Å². The van der Waals surface area contributed by atoms with Crippen molar-refractivity contribution in [2.45, 2.75) is 13.2 Å². The average Bonchev–Trinajstić information content (AvgIpc) is 2.40. The summed E-state index contributed by atoms with van der Waals surface area (Å²) in [4.78, 5) is 2.05. The van der Waals surface area contributed by atoms with Crippen LogP contribution in [0.3, 0.4) is 0 Å². The van der Waals surface area contributed by atoms with Gasteiger partial charge in [-0.1, -0.05) is 51.8 Å². The molecule has 0 atom stereocenters. The number of rotatable bonds is 4. The fourth-order valence-corrected chi connectivity index (χ4v) is 2.66. The number of aliphatic hydroxyl groups is 1. The van der Waals surface area contributed by atoms with E-state index in [-0.39, 0.29) is 6.61 Å². The number of hydrogen-bond donors (Lipinski definition) is 1. The number of hydrogen-bond acceptors (Lipinski definition) is 2. The highest BCUT2D eigenvalue weighted by atomic mass is 79.9. The quantitative estimate of drug-likeness (QED) is 0.900. The Balaban J connectivity index is 2.24. The zero-order valence-corrected chi connectivity index (χ0v) is 12.9. The molecule has 0 aliphatic heterocycles. The maximum atomic E-state index is 9.40. The van der Waals surface area contributed by atoms with E-state index in [2.05, 4.69) is 33.0 Å². The van der Waals surface area contributed by atoms with Crippen molar-refractivity contribution < 1.29 is 5.11 Å². The van der Waals surface area contributed by atoms with Gasteiger partial charge in [0.05, 0.1) is 17.3 Å². The number of nitrogens with zero attached hydrogens (tertiary/aromatic N) is 1. The van der Waals surface area contributed by atoms with Gasteiger partial charge in [-0.2, -0.15) is 0 Å². The molecule has 0 bridgehead atoms. The minimum atomic E-state index is -0.0133. The second kappa shape index (κ2) is 6.42. The van der Waals surface area contributed by atoms with Crippen molar-refractivity contribution in [1.29, 1.82) is 0 Å². The van der Waals surface area contributed by atoms with E-state index in [0.29, 0.717) is 5.02 Å². The molecule has 2 aromatic carbocycles. The molecule has 2 aromatic rings. The highest BCUT2D eigenvalue weighted by molar-refractivity contribution is 9.10. The Morgan fingerprint density at radius 1 is 1.16 bits per heavy atom. The minimum Gasteiger partial charge on any atom is -0.392 e. The van der Waals surface area contributed by atoms with E-state index >= 15 is 0 Å². The monoisotopic (exact) mass is 339 g/mol. The summed E-state index contributed by atoms with van der Waals surface area (Å²) in [5.41, 5.74) is 2.91. The summed E-state index contributed by atoms with van der Waals surface area (Å²) < 4.78 is 1.06. The molecule has 0 aliphatic carbocycles. The normalized spacial score (nSPS) is 10.5. The number of halogens is 2. The van der Waals surface area contributed by atoms with Crippen LogP contribution in [0.25, 0.3) is 0 Å². The van der Waals surface area contributed by atoms with E-state index in [1.165, 1.54) is 5.56 Å². The third kappa shape index (κ3) is 3.50. The molecule has 4 heteroatoms. The second-order valence-electron chi connectivity index (χ2n) is 4.39. The first kappa shape index (κ1) is 14.4. The molecule has 1 N–H and O–H groups in total. The number of para-hydroxylation sites is 1. The molecule has 0 radical (unpaired) electrons. The molecule has 0 amide bonds. The number of aliphatic hydroxyl groups excluding tert-OH is 1. The molecule has 2 nitrogen and oxygen atoms in total. The zero-order valence-electron chi connectivity index (χ0n) is 10.6. The molecular weight excluding hydrogens is 326 g/mol. The van der Waals surface area contributed by atoms with Crippen LogP contribution in [0, 0.1) is 0 Å². The smallest absolute Gasteiger partial charge is 0.0702 e. The topological polar surface area (TPSA) is 23.5 Å². The van der Waals surface area contributed by atoms with Gasteiger partial charge in [0.15, 0.2) is 0 Å². The molecule has 19 heavy (non-hydrogen) atoms. The van der Waals surface area contributed by atoms with Crippen LogP contribution in [-0.4, -0.2) is 12.2 Å². The Hall–Kier alpha value is -1.03. The molecule has 100 valence electrons. The first-order chi connectivity index (χ1) is 9.11. The van der Waals surface area contributed by atoms with Crippen LogP contribution in [0.15, 0.2) is 46.9 Å². The van der Waals surface area contributed by atoms with Gasteiger partial charge in [0.1, 0.15) is 0 Å². The Labute approximate surface area is 126 Å². The van der Waals surface area contributed by atoms with Crippen LogP contribution in [0.4, 0.5) is 5.69 Å². The predicted molar refractivity (Wildman–Crippen MR) is 83.6 cm³/mol. The lowest BCUT2D eigenvalue weighted by Gasteiger charge is -2.23. The SMILES string of the molecule is CN(Cc1ccc(Br)cc1)c1c(Cl)cccc1CO. The van der Waals surface area contributed by atoms with Crippen molar-refractivity contribution in [3.05, 3.63) is 63.1 Å². The van der Waals surface area contributed by atoms with Crippen molar-refractivity contribution in [2.75, 3.05) is 11.9 Å². The molecular formula is C15H15BrClNO. The molecule has 2 rings (SSSR count). The van der Waals surface area contributed by atoms with Crippen molar-refractivity contribution in [1.82, 2.24) is 0 Å². The van der Waals surface area contributed by atoms with E-state index in [9.17, 15) is 5.11 Å². The maximum absolute atomic E-state index is 9.40. The second-order valence-corrected chi connectivity index (χ2v) is 5.71. The molecule has 0 heterocycles.